The average Bonchev–Trinajstić information content (AvgIpc) is 2.55. The van der Waals surface area contributed by atoms with E-state index in [1.165, 1.54) is 12.1 Å². The molecule has 5 nitrogen and oxygen atoms in total. The fourth-order valence-electron chi connectivity index (χ4n) is 2.52. The van der Waals surface area contributed by atoms with Gasteiger partial charge in [0, 0.05) is 23.8 Å². The first-order valence-electron chi connectivity index (χ1n) is 7.79. The fraction of sp³-hybridized carbons (Fsp3) is 0.211. The Balaban J connectivity index is 2.10. The van der Waals surface area contributed by atoms with E-state index < -0.39 is 0 Å². The highest BCUT2D eigenvalue weighted by atomic mass is 16.5. The molecule has 1 aromatic heterocycles. The predicted octanol–water partition coefficient (Wildman–Crippen LogP) is 3.96. The van der Waals surface area contributed by atoms with E-state index in [9.17, 15) is 9.90 Å². The lowest BCUT2D eigenvalue weighted by Crippen LogP contribution is -2.01. The molecule has 0 atom stereocenters. The summed E-state index contributed by atoms with van der Waals surface area (Å²) in [5.41, 5.74) is 0.731. The average molecular weight is 326 g/mol. The Kier molecular flexibility index (Phi) is 4.42. The minimum atomic E-state index is -0.305. The standard InChI is InChI=1S/C19H18O5/c1-3-22-13-7-5-12(6-8-13)17-11-16(21)19-15(20)9-14(23-4-2)10-18(19)24-17/h5-11,20H,3-4H2,1-2H3. The van der Waals surface area contributed by atoms with Gasteiger partial charge in [-0.1, -0.05) is 0 Å². The second kappa shape index (κ2) is 6.66. The number of ether oxygens (including phenoxy) is 2. The zero-order chi connectivity index (χ0) is 17.1. The highest BCUT2D eigenvalue weighted by molar-refractivity contribution is 5.86. The molecule has 1 N–H and O–H groups in total. The predicted molar refractivity (Wildman–Crippen MR) is 91.9 cm³/mol. The summed E-state index contributed by atoms with van der Waals surface area (Å²) in [5.74, 6) is 1.47. The van der Waals surface area contributed by atoms with E-state index in [0.29, 0.717) is 24.7 Å². The third-order valence-corrected chi connectivity index (χ3v) is 3.54. The van der Waals surface area contributed by atoms with Gasteiger partial charge in [-0.25, -0.2) is 0 Å². The Morgan fingerprint density at radius 2 is 1.62 bits per heavy atom. The summed E-state index contributed by atoms with van der Waals surface area (Å²) in [6, 6.07) is 11.7. The smallest absolute Gasteiger partial charge is 0.197 e. The van der Waals surface area contributed by atoms with Gasteiger partial charge in [-0.2, -0.15) is 0 Å². The molecule has 3 aromatic rings. The topological polar surface area (TPSA) is 68.9 Å². The lowest BCUT2D eigenvalue weighted by atomic mass is 10.1. The largest absolute Gasteiger partial charge is 0.507 e. The van der Waals surface area contributed by atoms with Crippen molar-refractivity contribution in [1.29, 1.82) is 0 Å². The Morgan fingerprint density at radius 1 is 0.958 bits per heavy atom. The number of phenolic OH excluding ortho intramolecular Hbond substituents is 1. The van der Waals surface area contributed by atoms with Crippen LogP contribution in [0.2, 0.25) is 0 Å². The van der Waals surface area contributed by atoms with Crippen molar-refractivity contribution in [3.05, 3.63) is 52.7 Å². The van der Waals surface area contributed by atoms with Gasteiger partial charge >= 0.3 is 0 Å². The number of benzene rings is 2. The van der Waals surface area contributed by atoms with Gasteiger partial charge in [0.15, 0.2) is 5.43 Å². The highest BCUT2D eigenvalue weighted by Crippen LogP contribution is 2.31. The first-order chi connectivity index (χ1) is 11.6. The van der Waals surface area contributed by atoms with Crippen LogP contribution in [0.15, 0.2) is 51.7 Å². The molecule has 2 aromatic carbocycles. The summed E-state index contributed by atoms with van der Waals surface area (Å²) >= 11 is 0. The number of phenols is 1. The van der Waals surface area contributed by atoms with Gasteiger partial charge in [0.2, 0.25) is 0 Å². The molecule has 0 spiro atoms. The first kappa shape index (κ1) is 15.9. The van der Waals surface area contributed by atoms with Gasteiger partial charge in [-0.15, -0.1) is 0 Å². The van der Waals surface area contributed by atoms with Crippen LogP contribution < -0.4 is 14.9 Å². The molecule has 0 fully saturated rings. The van der Waals surface area contributed by atoms with E-state index in [-0.39, 0.29) is 22.1 Å². The maximum absolute atomic E-state index is 12.3. The molecular formula is C19H18O5. The molecule has 0 saturated heterocycles. The molecule has 0 aliphatic heterocycles. The van der Waals surface area contributed by atoms with Gasteiger partial charge < -0.3 is 19.0 Å². The van der Waals surface area contributed by atoms with Crippen molar-refractivity contribution in [2.24, 2.45) is 0 Å². The third-order valence-electron chi connectivity index (χ3n) is 3.54. The van der Waals surface area contributed by atoms with Crippen molar-refractivity contribution in [2.45, 2.75) is 13.8 Å². The van der Waals surface area contributed by atoms with Crippen molar-refractivity contribution in [1.82, 2.24) is 0 Å². The monoisotopic (exact) mass is 326 g/mol. The van der Waals surface area contributed by atoms with E-state index in [1.54, 1.807) is 6.07 Å². The summed E-state index contributed by atoms with van der Waals surface area (Å²) in [5, 5.41) is 10.2. The van der Waals surface area contributed by atoms with Gasteiger partial charge in [-0.05, 0) is 38.1 Å². The van der Waals surface area contributed by atoms with Crippen LogP contribution in [-0.4, -0.2) is 18.3 Å². The Bertz CT molecular complexity index is 909. The van der Waals surface area contributed by atoms with Crippen molar-refractivity contribution in [3.63, 3.8) is 0 Å². The minimum absolute atomic E-state index is 0.146. The summed E-state index contributed by atoms with van der Waals surface area (Å²) < 4.78 is 16.6. The van der Waals surface area contributed by atoms with Gasteiger partial charge in [0.1, 0.15) is 34.0 Å². The summed E-state index contributed by atoms with van der Waals surface area (Å²) in [4.78, 5) is 12.3. The van der Waals surface area contributed by atoms with Crippen molar-refractivity contribution in [2.75, 3.05) is 13.2 Å². The Hall–Kier alpha value is -2.95. The van der Waals surface area contributed by atoms with Crippen molar-refractivity contribution >= 4 is 11.0 Å². The van der Waals surface area contributed by atoms with Crippen LogP contribution in [0.3, 0.4) is 0 Å². The van der Waals surface area contributed by atoms with Crippen LogP contribution in [-0.2, 0) is 0 Å². The third kappa shape index (κ3) is 3.06. The van der Waals surface area contributed by atoms with Gasteiger partial charge in [-0.3, -0.25) is 4.79 Å². The van der Waals surface area contributed by atoms with Crippen LogP contribution in [0.5, 0.6) is 17.2 Å². The number of hydrogen-bond acceptors (Lipinski definition) is 5. The molecule has 3 rings (SSSR count). The minimum Gasteiger partial charge on any atom is -0.507 e. The molecule has 124 valence electrons. The second-order valence-electron chi connectivity index (χ2n) is 5.18. The molecule has 1 heterocycles. The van der Waals surface area contributed by atoms with E-state index in [4.69, 9.17) is 13.9 Å². The number of rotatable bonds is 5. The molecule has 0 aliphatic rings. The lowest BCUT2D eigenvalue weighted by Gasteiger charge is -2.08. The molecule has 24 heavy (non-hydrogen) atoms. The van der Waals surface area contributed by atoms with Crippen LogP contribution in [0.1, 0.15) is 13.8 Å². The van der Waals surface area contributed by atoms with Crippen molar-refractivity contribution in [3.8, 4) is 28.6 Å². The number of fused-ring (bicyclic) bond motifs is 1. The summed E-state index contributed by atoms with van der Waals surface area (Å²) in [7, 11) is 0. The number of hydrogen-bond donors (Lipinski definition) is 1. The van der Waals surface area contributed by atoms with E-state index in [0.717, 1.165) is 11.3 Å². The molecule has 0 radical (unpaired) electrons. The van der Waals surface area contributed by atoms with Crippen LogP contribution in [0, 0.1) is 0 Å². The molecule has 0 bridgehead atoms. The molecule has 0 unspecified atom stereocenters. The van der Waals surface area contributed by atoms with Gasteiger partial charge in [0.25, 0.3) is 0 Å². The van der Waals surface area contributed by atoms with Crippen LogP contribution >= 0.6 is 0 Å². The lowest BCUT2D eigenvalue weighted by molar-refractivity contribution is 0.338. The zero-order valence-corrected chi connectivity index (χ0v) is 13.5. The normalized spacial score (nSPS) is 10.8. The fourth-order valence-corrected chi connectivity index (χ4v) is 2.52. The molecule has 0 aliphatic carbocycles. The highest BCUT2D eigenvalue weighted by Gasteiger charge is 2.13. The second-order valence-corrected chi connectivity index (χ2v) is 5.18. The van der Waals surface area contributed by atoms with E-state index >= 15 is 0 Å². The van der Waals surface area contributed by atoms with Crippen molar-refractivity contribution < 1.29 is 19.0 Å². The Labute approximate surface area is 139 Å². The first-order valence-corrected chi connectivity index (χ1v) is 7.79. The van der Waals surface area contributed by atoms with Crippen LogP contribution in [0.25, 0.3) is 22.3 Å². The summed E-state index contributed by atoms with van der Waals surface area (Å²) in [6.07, 6.45) is 0. The SMILES string of the molecule is CCOc1ccc(-c2cc(=O)c3c(O)cc(OCC)cc3o2)cc1. The molecule has 0 saturated carbocycles. The zero-order valence-electron chi connectivity index (χ0n) is 13.5. The summed E-state index contributed by atoms with van der Waals surface area (Å²) in [6.45, 7) is 4.80. The van der Waals surface area contributed by atoms with Crippen LogP contribution in [0.4, 0.5) is 0 Å². The maximum Gasteiger partial charge on any atom is 0.197 e. The van der Waals surface area contributed by atoms with E-state index in [2.05, 4.69) is 0 Å². The quantitative estimate of drug-likeness (QED) is 0.768. The maximum atomic E-state index is 12.3. The molecule has 0 amide bonds. The van der Waals surface area contributed by atoms with E-state index in [1.807, 2.05) is 38.1 Å². The van der Waals surface area contributed by atoms with Gasteiger partial charge in [0.05, 0.1) is 13.2 Å². The number of aromatic hydroxyl groups is 1. The molecule has 5 heteroatoms. The Morgan fingerprint density at radius 3 is 2.29 bits per heavy atom. The molecular weight excluding hydrogens is 308 g/mol.